The van der Waals surface area contributed by atoms with Crippen molar-refractivity contribution in [1.29, 1.82) is 0 Å². The minimum Gasteiger partial charge on any atom is -0.327 e. The standard InChI is InChI=1S/C11H24N2S/c1-9-7-13(5-6-14-9)8-11(3,4)10(2)12/h9-10H,5-8,12H2,1-4H3. The molecule has 2 atom stereocenters. The summed E-state index contributed by atoms with van der Waals surface area (Å²) in [5.74, 6) is 1.27. The molecule has 0 bridgehead atoms. The molecule has 2 N–H and O–H groups in total. The maximum Gasteiger partial charge on any atom is 0.0147 e. The second-order valence-electron chi connectivity index (χ2n) is 5.19. The highest BCUT2D eigenvalue weighted by Crippen LogP contribution is 2.24. The van der Waals surface area contributed by atoms with E-state index in [1.165, 1.54) is 18.8 Å². The van der Waals surface area contributed by atoms with Gasteiger partial charge in [-0.2, -0.15) is 11.8 Å². The van der Waals surface area contributed by atoms with Gasteiger partial charge in [0.1, 0.15) is 0 Å². The normalized spacial score (nSPS) is 27.6. The van der Waals surface area contributed by atoms with Gasteiger partial charge in [0.2, 0.25) is 0 Å². The molecule has 0 aromatic rings. The Kier molecular flexibility index (Phi) is 4.29. The topological polar surface area (TPSA) is 29.3 Å². The van der Waals surface area contributed by atoms with Crippen LogP contribution in [-0.4, -0.2) is 41.6 Å². The fourth-order valence-electron chi connectivity index (χ4n) is 1.75. The zero-order chi connectivity index (χ0) is 10.8. The van der Waals surface area contributed by atoms with Crippen molar-refractivity contribution in [2.75, 3.05) is 25.4 Å². The van der Waals surface area contributed by atoms with E-state index < -0.39 is 0 Å². The van der Waals surface area contributed by atoms with Crippen LogP contribution in [0.4, 0.5) is 0 Å². The second-order valence-corrected chi connectivity index (χ2v) is 6.74. The van der Waals surface area contributed by atoms with Crippen LogP contribution >= 0.6 is 11.8 Å². The van der Waals surface area contributed by atoms with Crippen molar-refractivity contribution in [2.24, 2.45) is 11.1 Å². The predicted octanol–water partition coefficient (Wildman–Crippen LogP) is 1.80. The highest BCUT2D eigenvalue weighted by molar-refractivity contribution is 7.99. The first-order valence-electron chi connectivity index (χ1n) is 5.51. The van der Waals surface area contributed by atoms with Crippen LogP contribution in [0.25, 0.3) is 0 Å². The third-order valence-corrected chi connectivity index (χ3v) is 4.33. The van der Waals surface area contributed by atoms with E-state index in [0.717, 1.165) is 11.8 Å². The summed E-state index contributed by atoms with van der Waals surface area (Å²) in [7, 11) is 0. The molecule has 0 aromatic heterocycles. The maximum absolute atomic E-state index is 5.99. The lowest BCUT2D eigenvalue weighted by molar-refractivity contribution is 0.162. The summed E-state index contributed by atoms with van der Waals surface area (Å²) in [4.78, 5) is 2.56. The maximum atomic E-state index is 5.99. The Labute approximate surface area is 92.6 Å². The number of nitrogens with two attached hydrogens (primary N) is 1. The highest BCUT2D eigenvalue weighted by Gasteiger charge is 2.27. The summed E-state index contributed by atoms with van der Waals surface area (Å²) in [6.45, 7) is 12.5. The Morgan fingerprint density at radius 2 is 2.21 bits per heavy atom. The summed E-state index contributed by atoms with van der Waals surface area (Å²) in [6, 6.07) is 0.271. The molecule has 0 radical (unpaired) electrons. The first kappa shape index (κ1) is 12.3. The van der Waals surface area contributed by atoms with Crippen molar-refractivity contribution in [1.82, 2.24) is 4.90 Å². The fraction of sp³-hybridized carbons (Fsp3) is 1.00. The van der Waals surface area contributed by atoms with Gasteiger partial charge in [-0.15, -0.1) is 0 Å². The van der Waals surface area contributed by atoms with Crippen LogP contribution in [0.2, 0.25) is 0 Å². The molecule has 0 aliphatic carbocycles. The number of nitrogens with zero attached hydrogens (tertiary/aromatic N) is 1. The molecule has 1 heterocycles. The third kappa shape index (κ3) is 3.44. The van der Waals surface area contributed by atoms with Crippen LogP contribution in [-0.2, 0) is 0 Å². The summed E-state index contributed by atoms with van der Waals surface area (Å²) in [5.41, 5.74) is 6.23. The summed E-state index contributed by atoms with van der Waals surface area (Å²) in [6.07, 6.45) is 0. The van der Waals surface area contributed by atoms with Crippen molar-refractivity contribution >= 4 is 11.8 Å². The van der Waals surface area contributed by atoms with Crippen LogP contribution in [0.15, 0.2) is 0 Å². The largest absolute Gasteiger partial charge is 0.327 e. The molecule has 14 heavy (non-hydrogen) atoms. The number of hydrogen-bond donors (Lipinski definition) is 1. The van der Waals surface area contributed by atoms with Crippen molar-refractivity contribution in [3.63, 3.8) is 0 Å². The molecule has 0 saturated carbocycles. The van der Waals surface area contributed by atoms with Crippen LogP contribution in [0.1, 0.15) is 27.7 Å². The van der Waals surface area contributed by atoms with E-state index in [9.17, 15) is 0 Å². The van der Waals surface area contributed by atoms with Crippen LogP contribution < -0.4 is 5.73 Å². The minimum atomic E-state index is 0.238. The zero-order valence-corrected chi connectivity index (χ0v) is 10.7. The van der Waals surface area contributed by atoms with Gasteiger partial charge >= 0.3 is 0 Å². The summed E-state index contributed by atoms with van der Waals surface area (Å²) < 4.78 is 0. The van der Waals surface area contributed by atoms with Crippen LogP contribution in [0.5, 0.6) is 0 Å². The molecule has 1 fully saturated rings. The monoisotopic (exact) mass is 216 g/mol. The van der Waals surface area contributed by atoms with Crippen LogP contribution in [0, 0.1) is 5.41 Å². The van der Waals surface area contributed by atoms with Crippen molar-refractivity contribution in [2.45, 2.75) is 39.0 Å². The molecule has 0 amide bonds. The van der Waals surface area contributed by atoms with E-state index in [1.54, 1.807) is 0 Å². The first-order valence-corrected chi connectivity index (χ1v) is 6.56. The Morgan fingerprint density at radius 3 is 2.71 bits per heavy atom. The van der Waals surface area contributed by atoms with E-state index >= 15 is 0 Å². The van der Waals surface area contributed by atoms with E-state index in [-0.39, 0.29) is 11.5 Å². The molecule has 1 aliphatic rings. The molecule has 0 aromatic carbocycles. The first-order chi connectivity index (χ1) is 6.42. The second kappa shape index (κ2) is 4.86. The highest BCUT2D eigenvalue weighted by atomic mass is 32.2. The number of thioether (sulfide) groups is 1. The Bertz CT molecular complexity index is 180. The summed E-state index contributed by atoms with van der Waals surface area (Å²) >= 11 is 2.08. The average Bonchev–Trinajstić information content (AvgIpc) is 2.02. The minimum absolute atomic E-state index is 0.238. The van der Waals surface area contributed by atoms with E-state index in [2.05, 4.69) is 44.4 Å². The third-order valence-electron chi connectivity index (χ3n) is 3.19. The van der Waals surface area contributed by atoms with Gasteiger partial charge in [0.15, 0.2) is 0 Å². The van der Waals surface area contributed by atoms with Gasteiger partial charge in [0.25, 0.3) is 0 Å². The van der Waals surface area contributed by atoms with Gasteiger partial charge in [-0.05, 0) is 12.3 Å². The van der Waals surface area contributed by atoms with E-state index in [4.69, 9.17) is 5.73 Å². The summed E-state index contributed by atoms with van der Waals surface area (Å²) in [5, 5.41) is 0.785. The molecule has 2 nitrogen and oxygen atoms in total. The lowest BCUT2D eigenvalue weighted by Crippen LogP contribution is -2.47. The fourth-order valence-corrected chi connectivity index (χ4v) is 2.84. The van der Waals surface area contributed by atoms with Gasteiger partial charge < -0.3 is 10.6 Å². The van der Waals surface area contributed by atoms with Gasteiger partial charge in [-0.25, -0.2) is 0 Å². The quantitative estimate of drug-likeness (QED) is 0.780. The van der Waals surface area contributed by atoms with E-state index in [1.807, 2.05) is 0 Å². The molecule has 1 aliphatic heterocycles. The Balaban J connectivity index is 2.43. The Morgan fingerprint density at radius 1 is 1.57 bits per heavy atom. The van der Waals surface area contributed by atoms with Crippen molar-refractivity contribution in [3.05, 3.63) is 0 Å². The van der Waals surface area contributed by atoms with Gasteiger partial charge in [0.05, 0.1) is 0 Å². The molecular weight excluding hydrogens is 192 g/mol. The van der Waals surface area contributed by atoms with Crippen molar-refractivity contribution < 1.29 is 0 Å². The molecule has 1 saturated heterocycles. The zero-order valence-electron chi connectivity index (χ0n) is 9.92. The van der Waals surface area contributed by atoms with Crippen molar-refractivity contribution in [3.8, 4) is 0 Å². The van der Waals surface area contributed by atoms with Gasteiger partial charge in [-0.1, -0.05) is 20.8 Å². The van der Waals surface area contributed by atoms with Gasteiger partial charge in [0, 0.05) is 36.7 Å². The molecule has 84 valence electrons. The SMILES string of the molecule is CC1CN(CC(C)(C)C(C)N)CCS1. The lowest BCUT2D eigenvalue weighted by atomic mass is 9.85. The average molecular weight is 216 g/mol. The number of rotatable bonds is 3. The lowest BCUT2D eigenvalue weighted by Gasteiger charge is -2.38. The molecular formula is C11H24N2S. The predicted molar refractivity (Wildman–Crippen MR) is 65.8 cm³/mol. The molecule has 1 rings (SSSR count). The molecule has 2 unspecified atom stereocenters. The smallest absolute Gasteiger partial charge is 0.0147 e. The molecule has 3 heteroatoms. The Hall–Kier alpha value is 0.270. The van der Waals surface area contributed by atoms with E-state index in [0.29, 0.717) is 0 Å². The van der Waals surface area contributed by atoms with Crippen LogP contribution in [0.3, 0.4) is 0 Å². The van der Waals surface area contributed by atoms with Gasteiger partial charge in [-0.3, -0.25) is 0 Å². The molecule has 0 spiro atoms. The number of hydrogen-bond acceptors (Lipinski definition) is 3.